The van der Waals surface area contributed by atoms with Crippen LogP contribution in [0.1, 0.15) is 34.7 Å². The number of hydrogen-bond donors (Lipinski definition) is 0. The third kappa shape index (κ3) is 7.47. The molecule has 2 aliphatic heterocycles. The van der Waals surface area contributed by atoms with E-state index in [0.717, 1.165) is 19.5 Å². The molecule has 0 saturated carbocycles. The van der Waals surface area contributed by atoms with E-state index in [4.69, 9.17) is 9.47 Å². The molecule has 0 aliphatic carbocycles. The van der Waals surface area contributed by atoms with E-state index in [2.05, 4.69) is 16.7 Å². The summed E-state index contributed by atoms with van der Waals surface area (Å²) in [6.45, 7) is 3.73. The first-order valence-corrected chi connectivity index (χ1v) is 12.2. The minimum absolute atomic E-state index is 0.0973. The Morgan fingerprint density at radius 2 is 1.50 bits per heavy atom. The Kier molecular flexibility index (Phi) is 8.98. The molecule has 2 aromatic rings. The normalized spacial score (nSPS) is 21.0. The van der Waals surface area contributed by atoms with Gasteiger partial charge in [0.15, 0.2) is 6.29 Å². The predicted octanol–water partition coefficient (Wildman–Crippen LogP) is 5.53. The van der Waals surface area contributed by atoms with Gasteiger partial charge in [0.2, 0.25) is 0 Å². The summed E-state index contributed by atoms with van der Waals surface area (Å²) in [6.07, 6.45) is -9.75. The maximum Gasteiger partial charge on any atom is 0.416 e. The van der Waals surface area contributed by atoms with Gasteiger partial charge in [-0.2, -0.15) is 26.3 Å². The van der Waals surface area contributed by atoms with E-state index in [0.29, 0.717) is 37.3 Å². The van der Waals surface area contributed by atoms with E-state index in [1.165, 1.54) is 12.1 Å². The van der Waals surface area contributed by atoms with Crippen LogP contribution in [0, 0.1) is 17.7 Å². The van der Waals surface area contributed by atoms with Crippen LogP contribution in [-0.4, -0.2) is 62.0 Å². The summed E-state index contributed by atoms with van der Waals surface area (Å²) in [4.78, 5) is 4.23. The number of rotatable bonds is 7. The van der Waals surface area contributed by atoms with Crippen molar-refractivity contribution in [1.29, 1.82) is 0 Å². The van der Waals surface area contributed by atoms with Crippen LogP contribution in [0.2, 0.25) is 0 Å². The van der Waals surface area contributed by atoms with Crippen molar-refractivity contribution in [3.8, 4) is 11.8 Å². The Labute approximate surface area is 216 Å². The van der Waals surface area contributed by atoms with E-state index in [9.17, 15) is 30.7 Å². The molecule has 2 aliphatic rings. The molecule has 2 fully saturated rings. The summed E-state index contributed by atoms with van der Waals surface area (Å²) in [5, 5.41) is 0. The third-order valence-electron chi connectivity index (χ3n) is 6.50. The van der Waals surface area contributed by atoms with Crippen LogP contribution in [0.4, 0.5) is 30.7 Å². The van der Waals surface area contributed by atoms with Gasteiger partial charge in [0.05, 0.1) is 43.5 Å². The monoisotopic (exact) mass is 544 g/mol. The smallest absolute Gasteiger partial charge is 0.350 e. The number of morpholine rings is 1. The molecule has 2 saturated heterocycles. The number of halogens is 7. The van der Waals surface area contributed by atoms with Crippen LogP contribution in [0.15, 0.2) is 42.5 Å². The Bertz CT molecular complexity index is 1100. The lowest BCUT2D eigenvalue weighted by Crippen LogP contribution is -2.46. The fourth-order valence-electron chi connectivity index (χ4n) is 4.35. The predicted molar refractivity (Wildman–Crippen MR) is 125 cm³/mol. The van der Waals surface area contributed by atoms with Crippen LogP contribution in [0.5, 0.6) is 0 Å². The van der Waals surface area contributed by atoms with Crippen molar-refractivity contribution in [3.63, 3.8) is 0 Å². The average molecular weight is 545 g/mol. The Morgan fingerprint density at radius 1 is 0.868 bits per heavy atom. The van der Waals surface area contributed by atoms with Crippen molar-refractivity contribution in [2.45, 2.75) is 37.5 Å². The highest BCUT2D eigenvalue weighted by molar-refractivity contribution is 5.33. The second kappa shape index (κ2) is 12.0. The summed E-state index contributed by atoms with van der Waals surface area (Å²) in [6, 6.07) is 6.78. The molecule has 0 N–H and O–H groups in total. The zero-order valence-electron chi connectivity index (χ0n) is 20.4. The van der Waals surface area contributed by atoms with E-state index >= 15 is 0 Å². The zero-order chi connectivity index (χ0) is 27.3. The molecule has 4 rings (SSSR count). The van der Waals surface area contributed by atoms with Gasteiger partial charge in [0.25, 0.3) is 0 Å². The fourth-order valence-corrected chi connectivity index (χ4v) is 4.35. The second-order valence-corrected chi connectivity index (χ2v) is 9.22. The minimum atomic E-state index is -4.92. The fraction of sp³-hybridized carbons (Fsp3) is 0.481. The third-order valence-corrected chi connectivity index (χ3v) is 6.50. The van der Waals surface area contributed by atoms with E-state index in [-0.39, 0.29) is 31.3 Å². The van der Waals surface area contributed by atoms with E-state index in [1.54, 1.807) is 12.1 Å². The highest BCUT2D eigenvalue weighted by Gasteiger charge is 2.37. The lowest BCUT2D eigenvalue weighted by molar-refractivity contribution is -0.208. The highest BCUT2D eigenvalue weighted by Crippen LogP contribution is 2.37. The van der Waals surface area contributed by atoms with Crippen LogP contribution < -0.4 is 0 Å². The standard InChI is InChI=1S/C27H27F7N2O2/c28-23-6-4-20(5-7-23)24-25(38-15-13-36(24)12-2-1-9-35-10-3-11-35)37-14-8-19-16-21(26(29,30)31)18-22(17-19)27(32,33)34/h4-7,16-18,24-25H,3,8-15H2. The number of likely N-dealkylation sites (tertiary alicyclic amines) is 1. The maximum absolute atomic E-state index is 13.6. The summed E-state index contributed by atoms with van der Waals surface area (Å²) >= 11 is 0. The topological polar surface area (TPSA) is 24.9 Å². The van der Waals surface area contributed by atoms with Gasteiger partial charge in [-0.1, -0.05) is 24.0 Å². The van der Waals surface area contributed by atoms with Crippen LogP contribution in [0.3, 0.4) is 0 Å². The molecule has 0 radical (unpaired) electrons. The Morgan fingerprint density at radius 3 is 2.08 bits per heavy atom. The largest absolute Gasteiger partial charge is 0.416 e. The van der Waals surface area contributed by atoms with Crippen molar-refractivity contribution in [1.82, 2.24) is 9.80 Å². The maximum atomic E-state index is 13.6. The lowest BCUT2D eigenvalue weighted by atomic mass is 10.0. The molecule has 0 amide bonds. The van der Waals surface area contributed by atoms with Crippen LogP contribution in [0.25, 0.3) is 0 Å². The molecular weight excluding hydrogens is 517 g/mol. The highest BCUT2D eigenvalue weighted by atomic mass is 19.4. The molecule has 0 spiro atoms. The average Bonchev–Trinajstić information content (AvgIpc) is 2.82. The van der Waals surface area contributed by atoms with Gasteiger partial charge >= 0.3 is 12.4 Å². The second-order valence-electron chi connectivity index (χ2n) is 9.22. The summed E-state index contributed by atoms with van der Waals surface area (Å²) in [7, 11) is 0. The number of alkyl halides is 6. The van der Waals surface area contributed by atoms with Gasteiger partial charge in [-0.3, -0.25) is 9.80 Å². The molecule has 38 heavy (non-hydrogen) atoms. The Balaban J connectivity index is 1.47. The lowest BCUT2D eigenvalue weighted by Gasteiger charge is -2.40. The van der Waals surface area contributed by atoms with E-state index < -0.39 is 41.6 Å². The molecule has 2 atom stereocenters. The van der Waals surface area contributed by atoms with Crippen molar-refractivity contribution in [2.75, 3.05) is 45.9 Å². The first-order chi connectivity index (χ1) is 18.0. The first-order valence-electron chi connectivity index (χ1n) is 12.2. The van der Waals surface area contributed by atoms with Crippen LogP contribution in [-0.2, 0) is 28.2 Å². The van der Waals surface area contributed by atoms with Gasteiger partial charge in [-0.25, -0.2) is 4.39 Å². The first kappa shape index (κ1) is 28.4. The summed E-state index contributed by atoms with van der Waals surface area (Å²) in [5.74, 6) is 5.86. The summed E-state index contributed by atoms with van der Waals surface area (Å²) < 4.78 is 104. The number of hydrogen-bond acceptors (Lipinski definition) is 4. The van der Waals surface area contributed by atoms with Gasteiger partial charge in [0, 0.05) is 19.6 Å². The number of benzene rings is 2. The summed E-state index contributed by atoms with van der Waals surface area (Å²) in [5.41, 5.74) is -2.21. The quantitative estimate of drug-likeness (QED) is 0.338. The molecular formula is C27H27F7N2O2. The number of ether oxygens (including phenoxy) is 2. The molecule has 0 bridgehead atoms. The van der Waals surface area contributed by atoms with Gasteiger partial charge in [0.1, 0.15) is 5.82 Å². The number of nitrogens with zero attached hydrogens (tertiary/aromatic N) is 2. The van der Waals surface area contributed by atoms with Gasteiger partial charge < -0.3 is 9.47 Å². The molecule has 2 aromatic carbocycles. The molecule has 2 unspecified atom stereocenters. The van der Waals surface area contributed by atoms with Crippen molar-refractivity contribution in [3.05, 3.63) is 70.5 Å². The van der Waals surface area contributed by atoms with Crippen molar-refractivity contribution < 1.29 is 40.2 Å². The Hall–Kier alpha value is -2.65. The molecule has 2 heterocycles. The van der Waals surface area contributed by atoms with Gasteiger partial charge in [-0.05, 0) is 54.3 Å². The molecule has 206 valence electrons. The van der Waals surface area contributed by atoms with E-state index in [1.807, 2.05) is 4.90 Å². The zero-order valence-corrected chi connectivity index (χ0v) is 20.4. The molecule has 4 nitrogen and oxygen atoms in total. The SMILES string of the molecule is Fc1ccc(C2C(OCCc3cc(C(F)(F)F)cc(C(F)(F)F)c3)OCCN2CC#CCN2CCC2)cc1. The molecule has 11 heteroatoms. The van der Waals surface area contributed by atoms with Gasteiger partial charge in [-0.15, -0.1) is 0 Å². The minimum Gasteiger partial charge on any atom is -0.350 e. The van der Waals surface area contributed by atoms with Crippen molar-refractivity contribution >= 4 is 0 Å². The van der Waals surface area contributed by atoms with Crippen molar-refractivity contribution in [2.24, 2.45) is 0 Å². The molecule has 0 aromatic heterocycles. The van der Waals surface area contributed by atoms with Crippen LogP contribution >= 0.6 is 0 Å².